The van der Waals surface area contributed by atoms with Crippen LogP contribution in [-0.2, 0) is 4.74 Å². The molecule has 1 aromatic carbocycles. The molecule has 0 unspecified atom stereocenters. The number of hydrogen-bond donors (Lipinski definition) is 1. The van der Waals surface area contributed by atoms with Gasteiger partial charge in [0, 0.05) is 24.2 Å². The van der Waals surface area contributed by atoms with E-state index in [0.717, 1.165) is 32.2 Å². The Morgan fingerprint density at radius 2 is 1.92 bits per heavy atom. The van der Waals surface area contributed by atoms with Crippen LogP contribution in [0.4, 0.5) is 0 Å². The zero-order valence-electron chi connectivity index (χ0n) is 14.8. The molecule has 0 bridgehead atoms. The molecule has 5 heteroatoms. The molecule has 2 rings (SSSR count). The molecule has 0 saturated carbocycles. The summed E-state index contributed by atoms with van der Waals surface area (Å²) in [6.07, 6.45) is 4.62. The van der Waals surface area contributed by atoms with E-state index in [0.29, 0.717) is 36.6 Å². The first-order chi connectivity index (χ1) is 11.6. The van der Waals surface area contributed by atoms with Gasteiger partial charge in [0.25, 0.3) is 0 Å². The van der Waals surface area contributed by atoms with Gasteiger partial charge in [-0.1, -0.05) is 38.3 Å². The molecule has 0 aliphatic carbocycles. The lowest BCUT2D eigenvalue weighted by Crippen LogP contribution is -2.51. The molecule has 0 spiro atoms. The van der Waals surface area contributed by atoms with Crippen molar-refractivity contribution in [3.8, 4) is 5.75 Å². The first-order valence-corrected chi connectivity index (χ1v) is 9.36. The molecule has 1 atom stereocenters. The second-order valence-corrected chi connectivity index (χ2v) is 7.16. The molecule has 4 nitrogen and oxygen atoms in total. The van der Waals surface area contributed by atoms with E-state index in [9.17, 15) is 5.11 Å². The predicted molar refractivity (Wildman–Crippen MR) is 97.9 cm³/mol. The van der Waals surface area contributed by atoms with E-state index in [1.54, 1.807) is 12.1 Å². The second-order valence-electron chi connectivity index (χ2n) is 6.72. The molecule has 136 valence electrons. The van der Waals surface area contributed by atoms with Crippen LogP contribution in [0, 0.1) is 0 Å². The Hall–Kier alpha value is -0.810. The Balaban J connectivity index is 1.99. The normalized spacial score (nSPS) is 22.5. The number of halogens is 1. The molecule has 0 amide bonds. The van der Waals surface area contributed by atoms with Crippen molar-refractivity contribution >= 4 is 11.6 Å². The Kier molecular flexibility index (Phi) is 7.82. The van der Waals surface area contributed by atoms with E-state index < -0.39 is 5.60 Å². The molecule has 1 N–H and O–H groups in total. The summed E-state index contributed by atoms with van der Waals surface area (Å²) in [5, 5.41) is 11.7. The lowest BCUT2D eigenvalue weighted by molar-refractivity contribution is -0.0676. The lowest BCUT2D eigenvalue weighted by atomic mass is 10.0. The van der Waals surface area contributed by atoms with Crippen molar-refractivity contribution in [2.75, 3.05) is 32.9 Å². The average molecular weight is 356 g/mol. The number of benzene rings is 1. The smallest absolute Gasteiger partial charge is 0.134 e. The van der Waals surface area contributed by atoms with Crippen molar-refractivity contribution in [2.24, 2.45) is 0 Å². The average Bonchev–Trinajstić information content (AvgIpc) is 2.76. The Morgan fingerprint density at radius 1 is 1.25 bits per heavy atom. The highest BCUT2D eigenvalue weighted by molar-refractivity contribution is 6.30. The van der Waals surface area contributed by atoms with Crippen molar-refractivity contribution in [2.45, 2.75) is 51.2 Å². The topological polar surface area (TPSA) is 41.9 Å². The van der Waals surface area contributed by atoms with Gasteiger partial charge in [0.2, 0.25) is 0 Å². The molecule has 24 heavy (non-hydrogen) atoms. The summed E-state index contributed by atoms with van der Waals surface area (Å²) in [7, 11) is 0. The number of rotatable bonds is 8. The molecular formula is C19H30ClNO3. The van der Waals surface area contributed by atoms with Crippen LogP contribution < -0.4 is 4.74 Å². The number of hydrogen-bond acceptors (Lipinski definition) is 4. The van der Waals surface area contributed by atoms with E-state index in [2.05, 4.69) is 18.7 Å². The molecular weight excluding hydrogens is 326 g/mol. The number of β-amino-alcohol motifs (C(OH)–C–C–N with tert-alkyl or cyclic N) is 1. The molecule has 0 radical (unpaired) electrons. The van der Waals surface area contributed by atoms with Crippen molar-refractivity contribution in [1.82, 2.24) is 4.90 Å². The maximum atomic E-state index is 11.0. The van der Waals surface area contributed by atoms with Gasteiger partial charge in [0.1, 0.15) is 18.0 Å². The van der Waals surface area contributed by atoms with Crippen LogP contribution in [0.25, 0.3) is 0 Å². The molecule has 1 aliphatic rings. The summed E-state index contributed by atoms with van der Waals surface area (Å²) in [5.41, 5.74) is -0.990. The van der Waals surface area contributed by atoms with Gasteiger partial charge in [0.15, 0.2) is 0 Å². The molecule has 1 saturated heterocycles. The predicted octanol–water partition coefficient (Wildman–Crippen LogP) is 3.75. The zero-order chi connectivity index (χ0) is 17.4. The molecule has 1 heterocycles. The number of aliphatic hydroxyl groups is 1. The van der Waals surface area contributed by atoms with E-state index in [-0.39, 0.29) is 6.61 Å². The van der Waals surface area contributed by atoms with Crippen molar-refractivity contribution in [3.05, 3.63) is 29.3 Å². The van der Waals surface area contributed by atoms with Crippen LogP contribution in [0.15, 0.2) is 24.3 Å². The zero-order valence-corrected chi connectivity index (χ0v) is 15.6. The summed E-state index contributed by atoms with van der Waals surface area (Å²) in [6.45, 7) is 7.07. The van der Waals surface area contributed by atoms with Crippen molar-refractivity contribution in [1.29, 1.82) is 0 Å². The third kappa shape index (κ3) is 5.92. The fraction of sp³-hybridized carbons (Fsp3) is 0.684. The quantitative estimate of drug-likeness (QED) is 0.771. The monoisotopic (exact) mass is 355 g/mol. The van der Waals surface area contributed by atoms with Crippen LogP contribution in [0.2, 0.25) is 5.02 Å². The third-order valence-electron chi connectivity index (χ3n) is 4.47. The van der Waals surface area contributed by atoms with Gasteiger partial charge in [-0.15, -0.1) is 0 Å². The van der Waals surface area contributed by atoms with E-state index in [4.69, 9.17) is 21.1 Å². The van der Waals surface area contributed by atoms with Crippen LogP contribution in [-0.4, -0.2) is 54.6 Å². The van der Waals surface area contributed by atoms with Gasteiger partial charge in [-0.25, -0.2) is 0 Å². The Morgan fingerprint density at radius 3 is 2.54 bits per heavy atom. The number of ether oxygens (including phenoxy) is 2. The highest BCUT2D eigenvalue weighted by Gasteiger charge is 2.35. The molecule has 1 fully saturated rings. The van der Waals surface area contributed by atoms with E-state index in [1.165, 1.54) is 0 Å². The van der Waals surface area contributed by atoms with Gasteiger partial charge in [0.05, 0.1) is 13.2 Å². The Bertz CT molecular complexity index is 476. The first kappa shape index (κ1) is 19.5. The fourth-order valence-electron chi connectivity index (χ4n) is 3.27. The summed E-state index contributed by atoms with van der Waals surface area (Å²) in [4.78, 5) is 2.38. The van der Waals surface area contributed by atoms with Gasteiger partial charge in [-0.2, -0.15) is 0 Å². The first-order valence-electron chi connectivity index (χ1n) is 8.99. The standard InChI is InChI=1S/C19H30ClNO3/c1-3-5-17(6-4-2)21-11-12-23-14-19(22,13-21)15-24-18-9-7-16(20)8-10-18/h7-10,17,22H,3-6,11-15H2,1-2H3/t19-/m1/s1. The maximum Gasteiger partial charge on any atom is 0.134 e. The molecule has 0 aromatic heterocycles. The van der Waals surface area contributed by atoms with Crippen LogP contribution in [0.3, 0.4) is 0 Å². The summed E-state index contributed by atoms with van der Waals surface area (Å²) >= 11 is 5.89. The fourth-order valence-corrected chi connectivity index (χ4v) is 3.40. The van der Waals surface area contributed by atoms with Gasteiger partial charge >= 0.3 is 0 Å². The highest BCUT2D eigenvalue weighted by Crippen LogP contribution is 2.22. The summed E-state index contributed by atoms with van der Waals surface area (Å²) in [5.74, 6) is 0.710. The van der Waals surface area contributed by atoms with E-state index in [1.807, 2.05) is 12.1 Å². The largest absolute Gasteiger partial charge is 0.490 e. The van der Waals surface area contributed by atoms with Gasteiger partial charge in [-0.3, -0.25) is 4.90 Å². The second kappa shape index (κ2) is 9.62. The van der Waals surface area contributed by atoms with Crippen LogP contribution in [0.5, 0.6) is 5.75 Å². The third-order valence-corrected chi connectivity index (χ3v) is 4.72. The minimum absolute atomic E-state index is 0.218. The number of nitrogens with zero attached hydrogens (tertiary/aromatic N) is 1. The molecule has 1 aliphatic heterocycles. The van der Waals surface area contributed by atoms with Crippen molar-refractivity contribution in [3.63, 3.8) is 0 Å². The summed E-state index contributed by atoms with van der Waals surface area (Å²) < 4.78 is 11.5. The molecule has 1 aromatic rings. The lowest BCUT2D eigenvalue weighted by Gasteiger charge is -2.35. The van der Waals surface area contributed by atoms with Crippen LogP contribution in [0.1, 0.15) is 39.5 Å². The minimum atomic E-state index is -0.990. The highest BCUT2D eigenvalue weighted by atomic mass is 35.5. The summed E-state index contributed by atoms with van der Waals surface area (Å²) in [6, 6.07) is 7.71. The van der Waals surface area contributed by atoms with E-state index >= 15 is 0 Å². The Labute approximate surface area is 150 Å². The van der Waals surface area contributed by atoms with Crippen LogP contribution >= 0.6 is 11.6 Å². The van der Waals surface area contributed by atoms with Crippen molar-refractivity contribution < 1.29 is 14.6 Å². The SMILES string of the molecule is CCCC(CCC)N1CCOC[C@@](O)(COc2ccc(Cl)cc2)C1. The van der Waals surface area contributed by atoms with Gasteiger partial charge < -0.3 is 14.6 Å². The van der Waals surface area contributed by atoms with Gasteiger partial charge in [-0.05, 0) is 37.1 Å². The minimum Gasteiger partial charge on any atom is -0.490 e. The maximum absolute atomic E-state index is 11.0.